The number of nitrogens with one attached hydrogen (secondary N) is 1. The van der Waals surface area contributed by atoms with Gasteiger partial charge in [-0.3, -0.25) is 0 Å². The quantitative estimate of drug-likeness (QED) is 0.775. The molecule has 1 aromatic rings. The summed E-state index contributed by atoms with van der Waals surface area (Å²) in [5.41, 5.74) is 0.422. The molecule has 16 heavy (non-hydrogen) atoms. The summed E-state index contributed by atoms with van der Waals surface area (Å²) in [5.74, 6) is -0.310. The maximum atomic E-state index is 13.5. The zero-order valence-electron chi connectivity index (χ0n) is 8.82. The number of hydrogen-bond acceptors (Lipinski definition) is 3. The standard InChI is InChI=1S/C12H14FNOS/c13-9-5-2-1-4-8(9)10(15)11-12(16-11)6-3-7-14-12/h1-2,4-5,10-11,14-15H,3,6-7H2. The molecule has 0 aliphatic carbocycles. The Bertz CT molecular complexity index is 406. The van der Waals surface area contributed by atoms with Gasteiger partial charge in [-0.05, 0) is 25.5 Å². The first kappa shape index (κ1) is 10.6. The molecule has 0 bridgehead atoms. The fourth-order valence-electron chi connectivity index (χ4n) is 2.47. The van der Waals surface area contributed by atoms with Gasteiger partial charge in [0.25, 0.3) is 0 Å². The molecule has 2 N–H and O–H groups in total. The van der Waals surface area contributed by atoms with Crippen molar-refractivity contribution in [2.24, 2.45) is 0 Å². The van der Waals surface area contributed by atoms with E-state index in [1.807, 2.05) is 0 Å². The molecule has 0 amide bonds. The van der Waals surface area contributed by atoms with E-state index >= 15 is 0 Å². The Balaban J connectivity index is 1.80. The van der Waals surface area contributed by atoms with Crippen LogP contribution in [0.4, 0.5) is 4.39 Å². The second-order valence-electron chi connectivity index (χ2n) is 4.42. The van der Waals surface area contributed by atoms with Gasteiger partial charge < -0.3 is 10.4 Å². The fraction of sp³-hybridized carbons (Fsp3) is 0.500. The Kier molecular flexibility index (Phi) is 2.46. The van der Waals surface area contributed by atoms with E-state index in [-0.39, 0.29) is 15.9 Å². The van der Waals surface area contributed by atoms with E-state index in [0.29, 0.717) is 5.56 Å². The minimum absolute atomic E-state index is 0.0295. The molecule has 86 valence electrons. The average molecular weight is 239 g/mol. The third-order valence-electron chi connectivity index (χ3n) is 3.40. The average Bonchev–Trinajstić information content (AvgIpc) is 2.76. The Morgan fingerprint density at radius 2 is 2.31 bits per heavy atom. The minimum atomic E-state index is -0.697. The maximum Gasteiger partial charge on any atom is 0.129 e. The fourth-order valence-corrected chi connectivity index (χ4v) is 3.91. The van der Waals surface area contributed by atoms with E-state index in [1.54, 1.807) is 30.0 Å². The molecular weight excluding hydrogens is 225 g/mol. The van der Waals surface area contributed by atoms with Crippen LogP contribution in [-0.2, 0) is 0 Å². The Labute approximate surface area is 98.2 Å². The highest BCUT2D eigenvalue weighted by Crippen LogP contribution is 2.61. The highest BCUT2D eigenvalue weighted by Gasteiger charge is 2.60. The van der Waals surface area contributed by atoms with E-state index in [4.69, 9.17) is 0 Å². The number of rotatable bonds is 2. The van der Waals surface area contributed by atoms with Crippen molar-refractivity contribution in [2.45, 2.75) is 29.1 Å². The lowest BCUT2D eigenvalue weighted by Crippen LogP contribution is -2.29. The zero-order valence-corrected chi connectivity index (χ0v) is 9.64. The van der Waals surface area contributed by atoms with Crippen molar-refractivity contribution >= 4 is 11.8 Å². The number of halogens is 1. The molecule has 0 saturated carbocycles. The monoisotopic (exact) mass is 239 g/mol. The van der Waals surface area contributed by atoms with Gasteiger partial charge in [-0.15, -0.1) is 11.8 Å². The van der Waals surface area contributed by atoms with Crippen LogP contribution >= 0.6 is 11.8 Å². The second kappa shape index (κ2) is 3.72. The van der Waals surface area contributed by atoms with Crippen LogP contribution in [0, 0.1) is 5.82 Å². The van der Waals surface area contributed by atoms with Crippen LogP contribution in [0.3, 0.4) is 0 Å². The summed E-state index contributed by atoms with van der Waals surface area (Å²) in [4.78, 5) is 0.0295. The molecule has 0 radical (unpaired) electrons. The second-order valence-corrected chi connectivity index (χ2v) is 5.90. The van der Waals surface area contributed by atoms with Crippen molar-refractivity contribution in [2.75, 3.05) is 6.54 Å². The van der Waals surface area contributed by atoms with Gasteiger partial charge >= 0.3 is 0 Å². The first-order chi connectivity index (χ1) is 7.73. The maximum absolute atomic E-state index is 13.5. The molecule has 2 nitrogen and oxygen atoms in total. The summed E-state index contributed by atoms with van der Waals surface area (Å²) in [6, 6.07) is 6.49. The van der Waals surface area contributed by atoms with Crippen LogP contribution in [-0.4, -0.2) is 21.8 Å². The smallest absolute Gasteiger partial charge is 0.129 e. The highest BCUT2D eigenvalue weighted by molar-refractivity contribution is 8.08. The summed E-state index contributed by atoms with van der Waals surface area (Å²) in [6.07, 6.45) is 1.53. The van der Waals surface area contributed by atoms with E-state index in [9.17, 15) is 9.50 Å². The SMILES string of the molecule is OC(c1ccccc1F)C1SC12CCCN2. The molecule has 2 heterocycles. The van der Waals surface area contributed by atoms with Gasteiger partial charge in [-0.2, -0.15) is 0 Å². The molecule has 3 atom stereocenters. The minimum Gasteiger partial charge on any atom is -0.387 e. The molecule has 0 aromatic heterocycles. The summed E-state index contributed by atoms with van der Waals surface area (Å²) < 4.78 is 13.5. The van der Waals surface area contributed by atoms with Gasteiger partial charge in [0.15, 0.2) is 0 Å². The zero-order chi connectivity index (χ0) is 11.2. The lowest BCUT2D eigenvalue weighted by Gasteiger charge is -2.13. The summed E-state index contributed by atoms with van der Waals surface area (Å²) in [6.45, 7) is 1.01. The van der Waals surface area contributed by atoms with Crippen LogP contribution in [0.25, 0.3) is 0 Å². The predicted octanol–water partition coefficient (Wildman–Crippen LogP) is 2.05. The largest absolute Gasteiger partial charge is 0.387 e. The first-order valence-corrected chi connectivity index (χ1v) is 6.46. The normalized spacial score (nSPS) is 34.2. The van der Waals surface area contributed by atoms with Crippen molar-refractivity contribution in [3.63, 3.8) is 0 Å². The van der Waals surface area contributed by atoms with E-state index in [1.165, 1.54) is 6.07 Å². The topological polar surface area (TPSA) is 32.3 Å². The molecule has 1 spiro atoms. The first-order valence-electron chi connectivity index (χ1n) is 5.58. The van der Waals surface area contributed by atoms with E-state index < -0.39 is 6.10 Å². The molecule has 2 saturated heterocycles. The van der Waals surface area contributed by atoms with Crippen LogP contribution in [0.2, 0.25) is 0 Å². The van der Waals surface area contributed by atoms with Gasteiger partial charge in [0.05, 0.1) is 16.2 Å². The molecule has 2 fully saturated rings. The van der Waals surface area contributed by atoms with Crippen molar-refractivity contribution in [3.05, 3.63) is 35.6 Å². The third kappa shape index (κ3) is 1.56. The lowest BCUT2D eigenvalue weighted by molar-refractivity contribution is 0.167. The van der Waals surface area contributed by atoms with Crippen LogP contribution in [0.15, 0.2) is 24.3 Å². The Hall–Kier alpha value is -0.580. The number of hydrogen-bond donors (Lipinski definition) is 2. The van der Waals surface area contributed by atoms with E-state index in [0.717, 1.165) is 19.4 Å². The van der Waals surface area contributed by atoms with E-state index in [2.05, 4.69) is 5.32 Å². The highest BCUT2D eigenvalue weighted by atomic mass is 32.2. The molecule has 2 aliphatic heterocycles. The van der Waals surface area contributed by atoms with Crippen LogP contribution in [0.1, 0.15) is 24.5 Å². The summed E-state index contributed by atoms with van der Waals surface area (Å²) in [5, 5.41) is 13.7. The molecule has 3 unspecified atom stereocenters. The summed E-state index contributed by atoms with van der Waals surface area (Å²) >= 11 is 1.73. The lowest BCUT2D eigenvalue weighted by atomic mass is 10.0. The van der Waals surface area contributed by atoms with Gasteiger partial charge in [0, 0.05) is 5.56 Å². The number of aliphatic hydroxyl groups is 1. The Morgan fingerprint density at radius 1 is 1.50 bits per heavy atom. The van der Waals surface area contributed by atoms with Crippen LogP contribution in [0.5, 0.6) is 0 Å². The van der Waals surface area contributed by atoms with Gasteiger partial charge in [0.2, 0.25) is 0 Å². The van der Waals surface area contributed by atoms with Crippen LogP contribution < -0.4 is 5.32 Å². The van der Waals surface area contributed by atoms with Crippen molar-refractivity contribution in [1.29, 1.82) is 0 Å². The molecule has 4 heteroatoms. The van der Waals surface area contributed by atoms with Crippen molar-refractivity contribution in [1.82, 2.24) is 5.32 Å². The van der Waals surface area contributed by atoms with Gasteiger partial charge in [-0.1, -0.05) is 18.2 Å². The third-order valence-corrected chi connectivity index (χ3v) is 5.08. The molecular formula is C12H14FNOS. The van der Waals surface area contributed by atoms with Gasteiger partial charge in [-0.25, -0.2) is 4.39 Å². The predicted molar refractivity (Wildman–Crippen MR) is 62.7 cm³/mol. The number of thioether (sulfide) groups is 1. The number of aliphatic hydroxyl groups excluding tert-OH is 1. The van der Waals surface area contributed by atoms with Crippen molar-refractivity contribution < 1.29 is 9.50 Å². The molecule has 2 aliphatic rings. The Morgan fingerprint density at radius 3 is 3.00 bits per heavy atom. The van der Waals surface area contributed by atoms with Gasteiger partial charge in [0.1, 0.15) is 5.82 Å². The summed E-state index contributed by atoms with van der Waals surface area (Å²) in [7, 11) is 0. The number of benzene rings is 1. The molecule has 1 aromatic carbocycles. The molecule has 3 rings (SSSR count). The van der Waals surface area contributed by atoms with Crippen molar-refractivity contribution in [3.8, 4) is 0 Å².